The van der Waals surface area contributed by atoms with Gasteiger partial charge in [0.05, 0.1) is 12.1 Å². The van der Waals surface area contributed by atoms with Crippen LogP contribution in [-0.2, 0) is 0 Å². The van der Waals surface area contributed by atoms with E-state index in [1.54, 1.807) is 36.8 Å². The fourth-order valence-electron chi connectivity index (χ4n) is 1.28. The molecule has 1 aromatic heterocycles. The molecule has 0 aliphatic carbocycles. The molecule has 0 fully saturated rings. The number of pyridine rings is 1. The quantitative estimate of drug-likeness (QED) is 0.766. The third kappa shape index (κ3) is 3.24. The Kier molecular flexibility index (Phi) is 3.64. The monoisotopic (exact) mass is 242 g/mol. The number of aromatic nitrogens is 1. The van der Waals surface area contributed by atoms with Gasteiger partial charge < -0.3 is 4.74 Å². The summed E-state index contributed by atoms with van der Waals surface area (Å²) in [7, 11) is 0. The fraction of sp³-hybridized carbons (Fsp3) is 0. The molecule has 2 rings (SSSR count). The van der Waals surface area contributed by atoms with Crippen LogP contribution in [0.3, 0.4) is 0 Å². The third-order valence-electron chi connectivity index (χ3n) is 2.01. The number of ether oxygens (including phenoxy) is 1. The molecule has 1 heterocycles. The first-order valence-corrected chi connectivity index (χ1v) is 5.35. The van der Waals surface area contributed by atoms with E-state index in [1.807, 2.05) is 12.1 Å². The van der Waals surface area contributed by atoms with Crippen molar-refractivity contribution >= 4 is 11.6 Å². The highest BCUT2D eigenvalue weighted by Crippen LogP contribution is 2.21. The number of halogens is 1. The van der Waals surface area contributed by atoms with Crippen molar-refractivity contribution in [3.63, 3.8) is 0 Å². The van der Waals surface area contributed by atoms with Gasteiger partial charge in [0.25, 0.3) is 0 Å². The fourth-order valence-corrected chi connectivity index (χ4v) is 1.40. The molecule has 2 nitrogen and oxygen atoms in total. The lowest BCUT2D eigenvalue weighted by atomic mass is 10.3. The topological polar surface area (TPSA) is 22.1 Å². The Labute approximate surface area is 105 Å². The van der Waals surface area contributed by atoms with Gasteiger partial charge in [0.2, 0.25) is 5.88 Å². The first-order valence-electron chi connectivity index (χ1n) is 4.98. The molecule has 0 spiro atoms. The van der Waals surface area contributed by atoms with Crippen LogP contribution in [0.1, 0.15) is 5.69 Å². The largest absolute Gasteiger partial charge is 0.439 e. The number of hydrogen-bond acceptors (Lipinski definition) is 2. The zero-order chi connectivity index (χ0) is 12.1. The van der Waals surface area contributed by atoms with E-state index >= 15 is 0 Å². The number of hydrogen-bond donors (Lipinski definition) is 0. The van der Waals surface area contributed by atoms with Crippen molar-refractivity contribution in [2.45, 2.75) is 0 Å². The highest BCUT2D eigenvalue weighted by molar-refractivity contribution is 6.30. The van der Waals surface area contributed by atoms with Crippen molar-refractivity contribution in [2.75, 3.05) is 0 Å². The minimum atomic E-state index is 0.497. The number of terminal acetylenes is 1. The van der Waals surface area contributed by atoms with E-state index in [4.69, 9.17) is 22.8 Å². The van der Waals surface area contributed by atoms with E-state index in [9.17, 15) is 0 Å². The summed E-state index contributed by atoms with van der Waals surface area (Å²) in [5.41, 5.74) is 0.693. The van der Waals surface area contributed by atoms with Gasteiger partial charge >= 0.3 is 0 Å². The average Bonchev–Trinajstić information content (AvgIpc) is 2.33. The Balaban J connectivity index is 2.16. The summed E-state index contributed by atoms with van der Waals surface area (Å²) in [6.45, 7) is 0. The number of nitrogens with zero attached hydrogens (tertiary/aromatic N) is 1. The highest BCUT2D eigenvalue weighted by atomic mass is 35.5. The van der Waals surface area contributed by atoms with Crippen molar-refractivity contribution in [1.29, 1.82) is 0 Å². The van der Waals surface area contributed by atoms with Gasteiger partial charge in [0.1, 0.15) is 5.75 Å². The maximum Gasteiger partial charge on any atom is 0.219 e. The van der Waals surface area contributed by atoms with Gasteiger partial charge in [-0.05, 0) is 30.3 Å². The summed E-state index contributed by atoms with van der Waals surface area (Å²) >= 11 is 5.78. The normalized spacial score (nSPS) is 9.65. The molecule has 0 aliphatic rings. The van der Waals surface area contributed by atoms with Crippen LogP contribution >= 0.6 is 11.6 Å². The van der Waals surface area contributed by atoms with Crippen molar-refractivity contribution in [3.8, 4) is 24.0 Å². The molecule has 17 heavy (non-hydrogen) atoms. The average molecular weight is 243 g/mol. The second-order valence-electron chi connectivity index (χ2n) is 3.27. The van der Waals surface area contributed by atoms with Crippen LogP contribution in [0, 0.1) is 18.8 Å². The Morgan fingerprint density at radius 1 is 1.18 bits per heavy atom. The molecule has 3 heteroatoms. The second-order valence-corrected chi connectivity index (χ2v) is 3.70. The smallest absolute Gasteiger partial charge is 0.219 e. The zero-order valence-electron chi connectivity index (χ0n) is 8.93. The van der Waals surface area contributed by atoms with E-state index in [2.05, 4.69) is 10.9 Å². The maximum absolute atomic E-state index is 5.78. The minimum absolute atomic E-state index is 0.497. The van der Waals surface area contributed by atoms with Gasteiger partial charge in [-0.25, -0.2) is 4.98 Å². The summed E-state index contributed by atoms with van der Waals surface area (Å²) in [5, 5.41) is 0.666. The van der Waals surface area contributed by atoms with Crippen LogP contribution in [0.4, 0.5) is 0 Å². The number of benzene rings is 1. The summed E-state index contributed by atoms with van der Waals surface area (Å²) in [5.74, 6) is 3.60. The van der Waals surface area contributed by atoms with E-state index < -0.39 is 0 Å². The summed E-state index contributed by atoms with van der Waals surface area (Å²) in [4.78, 5) is 4.23. The Morgan fingerprint density at radius 2 is 1.94 bits per heavy atom. The summed E-state index contributed by atoms with van der Waals surface area (Å²) in [6.07, 6.45) is 6.76. The molecule has 2 aromatic rings. The molecular weight excluding hydrogens is 234 g/mol. The Morgan fingerprint density at radius 3 is 2.65 bits per heavy atom. The second kappa shape index (κ2) is 5.38. The molecule has 1 aromatic carbocycles. The Bertz CT molecular complexity index is 543. The van der Waals surface area contributed by atoms with Crippen molar-refractivity contribution in [3.05, 3.63) is 59.6 Å². The lowest BCUT2D eigenvalue weighted by molar-refractivity contribution is 0.462. The lowest BCUT2D eigenvalue weighted by Crippen LogP contribution is -1.91. The Hall–Kier alpha value is -1.98. The van der Waals surface area contributed by atoms with E-state index in [-0.39, 0.29) is 0 Å². The van der Waals surface area contributed by atoms with Crippen LogP contribution < -0.4 is 4.74 Å². The van der Waals surface area contributed by atoms with Crippen molar-refractivity contribution < 1.29 is 4.74 Å². The van der Waals surface area contributed by atoms with Gasteiger partial charge in [-0.3, -0.25) is 0 Å². The first-order chi connectivity index (χ1) is 8.28. The van der Waals surface area contributed by atoms with Crippen LogP contribution in [0.5, 0.6) is 11.6 Å². The summed E-state index contributed by atoms with van der Waals surface area (Å²) in [6, 6.07) is 12.5. The SMILES string of the molecule is C#C[CH]c1cccc(Oc2ccc(Cl)cc2)n1. The number of rotatable bonds is 3. The molecule has 1 radical (unpaired) electrons. The molecule has 0 saturated heterocycles. The van der Waals surface area contributed by atoms with E-state index in [1.165, 1.54) is 0 Å². The van der Waals surface area contributed by atoms with E-state index in [0.717, 1.165) is 0 Å². The van der Waals surface area contributed by atoms with Crippen LogP contribution in [-0.4, -0.2) is 4.98 Å². The molecule has 0 amide bonds. The van der Waals surface area contributed by atoms with Gasteiger partial charge in [-0.2, -0.15) is 0 Å². The standard InChI is InChI=1S/C14H9ClNO/c1-2-4-12-5-3-6-14(16-12)17-13-9-7-11(15)8-10-13/h1,3-10H. The highest BCUT2D eigenvalue weighted by Gasteiger charge is 2.00. The molecule has 0 atom stereocenters. The summed E-state index contributed by atoms with van der Waals surface area (Å²) < 4.78 is 5.56. The van der Waals surface area contributed by atoms with Crippen molar-refractivity contribution in [2.24, 2.45) is 0 Å². The zero-order valence-corrected chi connectivity index (χ0v) is 9.69. The molecule has 83 valence electrons. The van der Waals surface area contributed by atoms with Gasteiger partial charge in [0, 0.05) is 11.1 Å². The maximum atomic E-state index is 5.78. The van der Waals surface area contributed by atoms with Gasteiger partial charge in [-0.1, -0.05) is 23.6 Å². The van der Waals surface area contributed by atoms with Crippen LogP contribution in [0.2, 0.25) is 5.02 Å². The van der Waals surface area contributed by atoms with Crippen molar-refractivity contribution in [1.82, 2.24) is 4.98 Å². The minimum Gasteiger partial charge on any atom is -0.439 e. The van der Waals surface area contributed by atoms with Crippen LogP contribution in [0.15, 0.2) is 42.5 Å². The predicted molar refractivity (Wildman–Crippen MR) is 68.0 cm³/mol. The predicted octanol–water partition coefficient (Wildman–Crippen LogP) is 3.71. The van der Waals surface area contributed by atoms with Gasteiger partial charge in [-0.15, -0.1) is 6.42 Å². The van der Waals surface area contributed by atoms with Gasteiger partial charge in [0.15, 0.2) is 0 Å². The molecule has 0 unspecified atom stereocenters. The molecular formula is C14H9ClNO. The first kappa shape index (κ1) is 11.5. The molecule has 0 N–H and O–H groups in total. The van der Waals surface area contributed by atoms with Crippen LogP contribution in [0.25, 0.3) is 0 Å². The molecule has 0 bridgehead atoms. The molecule has 0 saturated carbocycles. The molecule has 0 aliphatic heterocycles. The third-order valence-corrected chi connectivity index (χ3v) is 2.26. The van der Waals surface area contributed by atoms with E-state index in [0.29, 0.717) is 22.3 Å². The lowest BCUT2D eigenvalue weighted by Gasteiger charge is -2.05.